The van der Waals surface area contributed by atoms with Crippen LogP contribution in [0.2, 0.25) is 10.0 Å². The number of carbonyl (C=O) groups is 2. The van der Waals surface area contributed by atoms with Crippen LogP contribution in [0.15, 0.2) is 66.7 Å². The molecule has 0 aromatic heterocycles. The third-order valence-corrected chi connectivity index (χ3v) is 10.3. The molecule has 0 saturated heterocycles. The van der Waals surface area contributed by atoms with Crippen molar-refractivity contribution in [1.29, 1.82) is 0 Å². The van der Waals surface area contributed by atoms with E-state index >= 15 is 0 Å². The lowest BCUT2D eigenvalue weighted by Gasteiger charge is -2.34. The Morgan fingerprint density at radius 3 is 2.41 bits per heavy atom. The van der Waals surface area contributed by atoms with Gasteiger partial charge in [-0.15, -0.1) is 0 Å². The number of nitrogens with one attached hydrogen (secondary N) is 1. The number of hydrogen-bond acceptors (Lipinski definition) is 6. The summed E-state index contributed by atoms with van der Waals surface area (Å²) in [4.78, 5) is 29.8. The van der Waals surface area contributed by atoms with Crippen molar-refractivity contribution in [3.8, 4) is 11.5 Å². The average molecular weight is 661 g/mol. The van der Waals surface area contributed by atoms with Crippen molar-refractivity contribution in [3.05, 3.63) is 87.9 Å². The first-order chi connectivity index (χ1) is 21.1. The van der Waals surface area contributed by atoms with E-state index in [1.807, 2.05) is 30.3 Å². The standard InChI is InChI=1S/C32H35Cl2N3O6S/c1-2-44(40,41)37(26-14-15-29-30(18-26)43-21-42-29)20-31(38)36(19-23-12-13-24(33)17-27(23)34)28(16-22-8-4-3-5-9-22)32(39)35-25-10-6-7-11-25/h3-5,8-9,12-15,17-18,25,28H,2,6-7,10-11,16,19-21H2,1H3,(H,35,39). The van der Waals surface area contributed by atoms with Crippen molar-refractivity contribution in [3.63, 3.8) is 0 Å². The molecule has 3 aromatic carbocycles. The van der Waals surface area contributed by atoms with Crippen LogP contribution in [0.5, 0.6) is 11.5 Å². The van der Waals surface area contributed by atoms with E-state index in [2.05, 4.69) is 5.32 Å². The summed E-state index contributed by atoms with van der Waals surface area (Å²) in [5.74, 6) is -0.235. The monoisotopic (exact) mass is 659 g/mol. The van der Waals surface area contributed by atoms with Gasteiger partial charge < -0.3 is 19.7 Å². The molecule has 44 heavy (non-hydrogen) atoms. The van der Waals surface area contributed by atoms with Crippen LogP contribution in [-0.2, 0) is 32.6 Å². The molecule has 0 spiro atoms. The molecule has 1 atom stereocenters. The third kappa shape index (κ3) is 7.60. The maximum atomic E-state index is 14.4. The van der Waals surface area contributed by atoms with Gasteiger partial charge in [-0.05, 0) is 55.2 Å². The molecule has 0 bridgehead atoms. The lowest BCUT2D eigenvalue weighted by Crippen LogP contribution is -2.54. The number of amides is 2. The zero-order valence-corrected chi connectivity index (χ0v) is 26.7. The van der Waals surface area contributed by atoms with Crippen LogP contribution >= 0.6 is 23.2 Å². The zero-order chi connectivity index (χ0) is 31.3. The van der Waals surface area contributed by atoms with Crippen molar-refractivity contribution >= 4 is 50.7 Å². The van der Waals surface area contributed by atoms with Gasteiger partial charge in [-0.1, -0.05) is 72.4 Å². The van der Waals surface area contributed by atoms with Gasteiger partial charge in [-0.3, -0.25) is 13.9 Å². The smallest absolute Gasteiger partial charge is 0.244 e. The second kappa shape index (κ2) is 14.1. The summed E-state index contributed by atoms with van der Waals surface area (Å²) in [5, 5.41) is 3.91. The Kier molecular flexibility index (Phi) is 10.2. The van der Waals surface area contributed by atoms with Crippen LogP contribution in [0.3, 0.4) is 0 Å². The van der Waals surface area contributed by atoms with Gasteiger partial charge >= 0.3 is 0 Å². The van der Waals surface area contributed by atoms with E-state index in [1.165, 1.54) is 17.9 Å². The number of carbonyl (C=O) groups excluding carboxylic acids is 2. The molecular formula is C32H35Cl2N3O6S. The van der Waals surface area contributed by atoms with Gasteiger partial charge in [0.1, 0.15) is 12.6 Å². The van der Waals surface area contributed by atoms with Crippen LogP contribution in [0.4, 0.5) is 5.69 Å². The van der Waals surface area contributed by atoms with Crippen LogP contribution in [0, 0.1) is 0 Å². The lowest BCUT2D eigenvalue weighted by molar-refractivity contribution is -0.140. The molecular weight excluding hydrogens is 625 g/mol. The van der Waals surface area contributed by atoms with Crippen molar-refractivity contribution in [2.75, 3.05) is 23.4 Å². The SMILES string of the molecule is CCS(=O)(=O)N(CC(=O)N(Cc1ccc(Cl)cc1Cl)C(Cc1ccccc1)C(=O)NC1CCCC1)c1ccc2c(c1)OCO2. The molecule has 0 radical (unpaired) electrons. The Hall–Kier alpha value is -3.47. The van der Waals surface area contributed by atoms with Gasteiger partial charge in [0.15, 0.2) is 11.5 Å². The Morgan fingerprint density at radius 1 is 0.977 bits per heavy atom. The fourth-order valence-corrected chi connectivity index (χ4v) is 7.04. The molecule has 12 heteroatoms. The molecule has 1 aliphatic heterocycles. The van der Waals surface area contributed by atoms with Gasteiger partial charge in [0.25, 0.3) is 0 Å². The second-order valence-corrected chi connectivity index (χ2v) is 13.9. The van der Waals surface area contributed by atoms with Crippen LogP contribution in [-0.4, -0.2) is 56.3 Å². The molecule has 1 heterocycles. The number of fused-ring (bicyclic) bond motifs is 1. The number of benzene rings is 3. The molecule has 234 valence electrons. The minimum Gasteiger partial charge on any atom is -0.454 e. The Balaban J connectivity index is 1.53. The maximum Gasteiger partial charge on any atom is 0.244 e. The summed E-state index contributed by atoms with van der Waals surface area (Å²) in [6.07, 6.45) is 4.01. The normalized spacial score (nSPS) is 15.2. The highest BCUT2D eigenvalue weighted by Gasteiger charge is 2.35. The highest BCUT2D eigenvalue weighted by Crippen LogP contribution is 2.36. The Bertz CT molecular complexity index is 1600. The first kappa shape index (κ1) is 31.9. The second-order valence-electron chi connectivity index (χ2n) is 10.9. The van der Waals surface area contributed by atoms with Gasteiger partial charge in [0.2, 0.25) is 28.6 Å². The summed E-state index contributed by atoms with van der Waals surface area (Å²) in [5.41, 5.74) is 1.68. The number of rotatable bonds is 12. The van der Waals surface area contributed by atoms with Crippen molar-refractivity contribution < 1.29 is 27.5 Å². The minimum atomic E-state index is -3.92. The van der Waals surface area contributed by atoms with E-state index in [4.69, 9.17) is 32.7 Å². The Labute approximate surface area is 268 Å². The lowest BCUT2D eigenvalue weighted by atomic mass is 10.0. The molecule has 1 saturated carbocycles. The minimum absolute atomic E-state index is 0.0162. The molecule has 2 amide bonds. The van der Waals surface area contributed by atoms with Crippen molar-refractivity contribution in [2.45, 2.75) is 57.7 Å². The summed E-state index contributed by atoms with van der Waals surface area (Å²) < 4.78 is 38.7. The molecule has 9 nitrogen and oxygen atoms in total. The predicted octanol–water partition coefficient (Wildman–Crippen LogP) is 5.58. The van der Waals surface area contributed by atoms with Gasteiger partial charge in [0, 0.05) is 35.1 Å². The molecule has 3 aromatic rings. The highest BCUT2D eigenvalue weighted by atomic mass is 35.5. The van der Waals surface area contributed by atoms with Crippen LogP contribution < -0.4 is 19.1 Å². The summed E-state index contributed by atoms with van der Waals surface area (Å²) >= 11 is 12.7. The average Bonchev–Trinajstić information content (AvgIpc) is 3.71. The van der Waals surface area contributed by atoms with E-state index in [0.717, 1.165) is 35.6 Å². The fraction of sp³-hybridized carbons (Fsp3) is 0.375. The summed E-state index contributed by atoms with van der Waals surface area (Å²) in [6, 6.07) is 18.2. The molecule has 2 aliphatic rings. The first-order valence-corrected chi connectivity index (χ1v) is 17.0. The number of hydrogen-bond donors (Lipinski definition) is 1. The van der Waals surface area contributed by atoms with Gasteiger partial charge in [-0.2, -0.15) is 0 Å². The largest absolute Gasteiger partial charge is 0.454 e. The molecule has 1 aliphatic carbocycles. The van der Waals surface area contributed by atoms with E-state index in [0.29, 0.717) is 27.1 Å². The number of anilines is 1. The first-order valence-electron chi connectivity index (χ1n) is 14.6. The van der Waals surface area contributed by atoms with Crippen LogP contribution in [0.1, 0.15) is 43.7 Å². The molecule has 1 unspecified atom stereocenters. The predicted molar refractivity (Wildman–Crippen MR) is 171 cm³/mol. The van der Waals surface area contributed by atoms with E-state index in [9.17, 15) is 18.0 Å². The van der Waals surface area contributed by atoms with E-state index in [-0.39, 0.29) is 43.1 Å². The summed E-state index contributed by atoms with van der Waals surface area (Å²) in [7, 11) is -3.92. The zero-order valence-electron chi connectivity index (χ0n) is 24.4. The number of halogens is 2. The Morgan fingerprint density at radius 2 is 1.70 bits per heavy atom. The topological polar surface area (TPSA) is 105 Å². The summed E-state index contributed by atoms with van der Waals surface area (Å²) in [6.45, 7) is 0.956. The maximum absolute atomic E-state index is 14.4. The number of sulfonamides is 1. The molecule has 1 N–H and O–H groups in total. The quantitative estimate of drug-likeness (QED) is 0.272. The molecule has 5 rings (SSSR count). The molecule has 1 fully saturated rings. The third-order valence-electron chi connectivity index (χ3n) is 7.95. The van der Waals surface area contributed by atoms with Crippen LogP contribution in [0.25, 0.3) is 0 Å². The van der Waals surface area contributed by atoms with Crippen molar-refractivity contribution in [2.24, 2.45) is 0 Å². The fourth-order valence-electron chi connectivity index (χ4n) is 5.52. The van der Waals surface area contributed by atoms with Gasteiger partial charge in [0.05, 0.1) is 11.4 Å². The van der Waals surface area contributed by atoms with E-state index in [1.54, 1.807) is 30.3 Å². The van der Waals surface area contributed by atoms with Crippen molar-refractivity contribution in [1.82, 2.24) is 10.2 Å². The number of nitrogens with zero attached hydrogens (tertiary/aromatic N) is 2. The highest BCUT2D eigenvalue weighted by molar-refractivity contribution is 7.92. The van der Waals surface area contributed by atoms with E-state index < -0.39 is 28.5 Å². The number of ether oxygens (including phenoxy) is 2. The van der Waals surface area contributed by atoms with Gasteiger partial charge in [-0.25, -0.2) is 8.42 Å².